The highest BCUT2D eigenvalue weighted by atomic mass is 16.1. The highest BCUT2D eigenvalue weighted by Crippen LogP contribution is 1.91. The van der Waals surface area contributed by atoms with Crippen LogP contribution in [0.3, 0.4) is 0 Å². The van der Waals surface area contributed by atoms with E-state index in [4.69, 9.17) is 0 Å². The molecule has 0 saturated carbocycles. The Kier molecular flexibility index (Phi) is 3.69. The van der Waals surface area contributed by atoms with Gasteiger partial charge in [0.25, 0.3) is 0 Å². The first kappa shape index (κ1) is 9.44. The van der Waals surface area contributed by atoms with Gasteiger partial charge in [-0.1, -0.05) is 6.08 Å². The zero-order valence-electron chi connectivity index (χ0n) is 7.45. The number of H-pyrrole nitrogens is 1. The van der Waals surface area contributed by atoms with E-state index in [-0.39, 0.29) is 5.91 Å². The van der Waals surface area contributed by atoms with E-state index in [1.165, 1.54) is 13.3 Å². The Bertz CT molecular complexity index is 278. The zero-order chi connectivity index (χ0) is 9.52. The molecule has 1 aromatic rings. The number of hydrogen-bond donors (Lipinski definition) is 2. The summed E-state index contributed by atoms with van der Waals surface area (Å²) in [5.74, 6) is 0.718. The number of carbonyl (C=O) groups excluding carboxylic acids is 1. The van der Waals surface area contributed by atoms with Crippen molar-refractivity contribution in [2.75, 3.05) is 6.54 Å². The van der Waals surface area contributed by atoms with Gasteiger partial charge in [0.15, 0.2) is 0 Å². The Labute approximate surface area is 76.3 Å². The van der Waals surface area contributed by atoms with Crippen molar-refractivity contribution in [3.05, 3.63) is 18.2 Å². The fraction of sp³-hybridized carbons (Fsp3) is 0.375. The molecule has 0 saturated heterocycles. The Morgan fingerprint density at radius 1 is 1.77 bits per heavy atom. The molecule has 1 heterocycles. The summed E-state index contributed by atoms with van der Waals surface area (Å²) in [5, 5.41) is 9.08. The van der Waals surface area contributed by atoms with E-state index in [9.17, 15) is 4.79 Å². The van der Waals surface area contributed by atoms with Crippen LogP contribution in [0.15, 0.2) is 12.4 Å². The lowest BCUT2D eigenvalue weighted by molar-refractivity contribution is -0.118. The molecular formula is C8H12N4O. The third-order valence-corrected chi connectivity index (χ3v) is 1.39. The normalized spacial score (nSPS) is 10.5. The van der Waals surface area contributed by atoms with Crippen LogP contribution >= 0.6 is 0 Å². The summed E-state index contributed by atoms with van der Waals surface area (Å²) >= 11 is 0. The maximum atomic E-state index is 10.5. The van der Waals surface area contributed by atoms with Crippen LogP contribution in [-0.2, 0) is 4.79 Å². The number of aromatic amines is 1. The lowest BCUT2D eigenvalue weighted by Crippen LogP contribution is -2.20. The molecule has 70 valence electrons. The summed E-state index contributed by atoms with van der Waals surface area (Å²) in [6, 6.07) is 0. The molecule has 0 aliphatic carbocycles. The predicted molar refractivity (Wildman–Crippen MR) is 48.7 cm³/mol. The first-order valence-corrected chi connectivity index (χ1v) is 4.05. The fourth-order valence-electron chi connectivity index (χ4n) is 0.822. The van der Waals surface area contributed by atoms with Crippen molar-refractivity contribution in [2.24, 2.45) is 0 Å². The fourth-order valence-corrected chi connectivity index (χ4v) is 0.822. The van der Waals surface area contributed by atoms with Gasteiger partial charge in [-0.2, -0.15) is 5.10 Å². The molecule has 5 nitrogen and oxygen atoms in total. The minimum absolute atomic E-state index is 0.00642. The number of nitrogens with one attached hydrogen (secondary N) is 2. The molecule has 1 rings (SSSR count). The van der Waals surface area contributed by atoms with Crippen molar-refractivity contribution in [3.8, 4) is 0 Å². The molecule has 0 atom stereocenters. The molecule has 1 amide bonds. The molecule has 0 spiro atoms. The maximum Gasteiger partial charge on any atom is 0.216 e. The zero-order valence-corrected chi connectivity index (χ0v) is 7.45. The third kappa shape index (κ3) is 4.05. The number of hydrogen-bond acceptors (Lipinski definition) is 3. The second kappa shape index (κ2) is 5.08. The lowest BCUT2D eigenvalue weighted by Gasteiger charge is -1.95. The van der Waals surface area contributed by atoms with Crippen molar-refractivity contribution in [1.82, 2.24) is 20.5 Å². The van der Waals surface area contributed by atoms with Crippen LogP contribution in [0.5, 0.6) is 0 Å². The van der Waals surface area contributed by atoms with Gasteiger partial charge in [-0.15, -0.1) is 0 Å². The molecule has 0 bridgehead atoms. The second-order valence-electron chi connectivity index (χ2n) is 2.54. The van der Waals surface area contributed by atoms with Crippen LogP contribution < -0.4 is 5.32 Å². The lowest BCUT2D eigenvalue weighted by atomic mass is 10.3. The molecule has 0 aliphatic heterocycles. The molecule has 0 aliphatic rings. The van der Waals surface area contributed by atoms with Gasteiger partial charge in [-0.25, -0.2) is 4.98 Å². The van der Waals surface area contributed by atoms with Gasteiger partial charge in [-0.05, 0) is 12.5 Å². The smallest absolute Gasteiger partial charge is 0.216 e. The van der Waals surface area contributed by atoms with E-state index in [0.717, 1.165) is 12.2 Å². The van der Waals surface area contributed by atoms with Crippen molar-refractivity contribution in [1.29, 1.82) is 0 Å². The molecule has 0 aromatic carbocycles. The Morgan fingerprint density at radius 2 is 2.62 bits per heavy atom. The number of amides is 1. The van der Waals surface area contributed by atoms with Crippen LogP contribution in [0.4, 0.5) is 0 Å². The minimum atomic E-state index is -0.00642. The molecule has 5 heteroatoms. The van der Waals surface area contributed by atoms with Gasteiger partial charge in [-0.3, -0.25) is 9.89 Å². The van der Waals surface area contributed by atoms with Crippen LogP contribution in [0.2, 0.25) is 0 Å². The van der Waals surface area contributed by atoms with Gasteiger partial charge >= 0.3 is 0 Å². The molecule has 2 N–H and O–H groups in total. The van der Waals surface area contributed by atoms with E-state index in [1.54, 1.807) is 0 Å². The number of nitrogens with zero attached hydrogens (tertiary/aromatic N) is 2. The Hall–Kier alpha value is -1.65. The number of rotatable bonds is 4. The summed E-state index contributed by atoms with van der Waals surface area (Å²) < 4.78 is 0. The summed E-state index contributed by atoms with van der Waals surface area (Å²) in [4.78, 5) is 14.4. The van der Waals surface area contributed by atoms with Crippen molar-refractivity contribution >= 4 is 12.0 Å². The first-order valence-electron chi connectivity index (χ1n) is 4.05. The molecule has 1 aromatic heterocycles. The highest BCUT2D eigenvalue weighted by molar-refractivity contribution is 5.72. The Balaban J connectivity index is 2.16. The van der Waals surface area contributed by atoms with Crippen LogP contribution in [0, 0.1) is 0 Å². The summed E-state index contributed by atoms with van der Waals surface area (Å²) in [6.07, 6.45) is 6.00. The second-order valence-corrected chi connectivity index (χ2v) is 2.54. The van der Waals surface area contributed by atoms with Gasteiger partial charge in [0, 0.05) is 13.5 Å². The van der Waals surface area contributed by atoms with Crippen molar-refractivity contribution in [3.63, 3.8) is 0 Å². The maximum absolute atomic E-state index is 10.5. The van der Waals surface area contributed by atoms with Gasteiger partial charge in [0.1, 0.15) is 12.2 Å². The van der Waals surface area contributed by atoms with Crippen LogP contribution in [0.25, 0.3) is 6.08 Å². The monoisotopic (exact) mass is 180 g/mol. The van der Waals surface area contributed by atoms with Crippen molar-refractivity contribution in [2.45, 2.75) is 13.3 Å². The standard InChI is InChI=1S/C8H12N4O/c1-7(13)9-5-3-2-4-8-10-6-11-12-8/h2,4,6H,3,5H2,1H3,(H,9,13)(H,10,11,12). The molecule has 13 heavy (non-hydrogen) atoms. The average molecular weight is 180 g/mol. The van der Waals surface area contributed by atoms with Gasteiger partial charge in [0.05, 0.1) is 0 Å². The predicted octanol–water partition coefficient (Wildman–Crippen LogP) is 0.344. The SMILES string of the molecule is CC(=O)NCCC=Cc1ncn[nH]1. The average Bonchev–Trinajstić information content (AvgIpc) is 2.55. The van der Waals surface area contributed by atoms with Crippen LogP contribution in [0.1, 0.15) is 19.2 Å². The molecule has 0 radical (unpaired) electrons. The van der Waals surface area contributed by atoms with Crippen molar-refractivity contribution < 1.29 is 4.79 Å². The van der Waals surface area contributed by atoms with Gasteiger partial charge in [0.2, 0.25) is 5.91 Å². The summed E-state index contributed by atoms with van der Waals surface area (Å²) in [6.45, 7) is 2.15. The van der Waals surface area contributed by atoms with E-state index in [0.29, 0.717) is 6.54 Å². The quantitative estimate of drug-likeness (QED) is 0.656. The van der Waals surface area contributed by atoms with E-state index < -0.39 is 0 Å². The van der Waals surface area contributed by atoms with E-state index >= 15 is 0 Å². The van der Waals surface area contributed by atoms with E-state index in [1.807, 2.05) is 12.2 Å². The molecule has 0 fully saturated rings. The number of aromatic nitrogens is 3. The number of carbonyl (C=O) groups is 1. The minimum Gasteiger partial charge on any atom is -0.356 e. The highest BCUT2D eigenvalue weighted by Gasteiger charge is 1.88. The molecular weight excluding hydrogens is 168 g/mol. The largest absolute Gasteiger partial charge is 0.356 e. The first-order chi connectivity index (χ1) is 6.29. The topological polar surface area (TPSA) is 70.7 Å². The van der Waals surface area contributed by atoms with E-state index in [2.05, 4.69) is 20.5 Å². The third-order valence-electron chi connectivity index (χ3n) is 1.39. The molecule has 0 unspecified atom stereocenters. The summed E-state index contributed by atoms with van der Waals surface area (Å²) in [5.41, 5.74) is 0. The van der Waals surface area contributed by atoms with Crippen LogP contribution in [-0.4, -0.2) is 27.6 Å². The Morgan fingerprint density at radius 3 is 3.23 bits per heavy atom. The summed E-state index contributed by atoms with van der Waals surface area (Å²) in [7, 11) is 0. The van der Waals surface area contributed by atoms with Gasteiger partial charge < -0.3 is 5.32 Å².